The average molecular weight is 413 g/mol. The smallest absolute Gasteiger partial charge is 0.168 e. The van der Waals surface area contributed by atoms with Crippen molar-refractivity contribution in [2.45, 2.75) is 65.7 Å². The minimum atomic E-state index is 0.305. The van der Waals surface area contributed by atoms with Gasteiger partial charge in [-0.1, -0.05) is 51.1 Å². The second-order valence-corrected chi connectivity index (χ2v) is 9.20. The minimum absolute atomic E-state index is 0.305. The van der Waals surface area contributed by atoms with Crippen LogP contribution in [0.3, 0.4) is 0 Å². The van der Waals surface area contributed by atoms with E-state index >= 15 is 0 Å². The topological polar surface area (TPSA) is 43.8 Å². The van der Waals surface area contributed by atoms with Crippen molar-refractivity contribution in [2.75, 3.05) is 19.3 Å². The van der Waals surface area contributed by atoms with Gasteiger partial charge in [0.2, 0.25) is 0 Å². The zero-order chi connectivity index (χ0) is 21.6. The molecule has 5 nitrogen and oxygen atoms in total. The molecule has 3 rings (SSSR count). The average Bonchev–Trinajstić information content (AvgIpc) is 2.75. The summed E-state index contributed by atoms with van der Waals surface area (Å²) in [6.07, 6.45) is 6.42. The Morgan fingerprint density at radius 2 is 1.67 bits per heavy atom. The molecular weight excluding hydrogens is 376 g/mol. The first-order chi connectivity index (χ1) is 14.4. The Kier molecular flexibility index (Phi) is 7.73. The Labute approximate surface area is 181 Å². The van der Waals surface area contributed by atoms with Gasteiger partial charge in [0.15, 0.2) is 5.75 Å². The summed E-state index contributed by atoms with van der Waals surface area (Å²) in [5.74, 6) is 1.47. The maximum Gasteiger partial charge on any atom is 0.168 e. The molecule has 0 N–H and O–H groups in total. The van der Waals surface area contributed by atoms with Gasteiger partial charge in [-0.15, -0.1) is 0 Å². The summed E-state index contributed by atoms with van der Waals surface area (Å²) in [6.45, 7) is 7.98. The van der Waals surface area contributed by atoms with Crippen LogP contribution in [0.1, 0.15) is 57.7 Å². The van der Waals surface area contributed by atoms with Gasteiger partial charge in [-0.3, -0.25) is 9.82 Å². The summed E-state index contributed by atoms with van der Waals surface area (Å²) in [4.78, 5) is 10.9. The van der Waals surface area contributed by atoms with Crippen molar-refractivity contribution in [3.05, 3.63) is 53.9 Å². The number of pyridine rings is 1. The van der Waals surface area contributed by atoms with E-state index in [0.29, 0.717) is 24.7 Å². The fourth-order valence-corrected chi connectivity index (χ4v) is 4.38. The van der Waals surface area contributed by atoms with E-state index in [1.165, 1.54) is 12.8 Å². The molecule has 0 bridgehead atoms. The van der Waals surface area contributed by atoms with Gasteiger partial charge in [-0.05, 0) is 48.6 Å². The molecule has 0 atom stereocenters. The minimum Gasteiger partial charge on any atom is -0.492 e. The highest BCUT2D eigenvalue weighted by atomic mass is 16.7. The molecule has 1 aromatic heterocycles. The molecule has 0 radical (unpaired) electrons. The van der Waals surface area contributed by atoms with Gasteiger partial charge >= 0.3 is 0 Å². The van der Waals surface area contributed by atoms with Gasteiger partial charge in [0.05, 0.1) is 26.4 Å². The summed E-state index contributed by atoms with van der Waals surface area (Å²) in [5, 5.41) is 2.07. The van der Waals surface area contributed by atoms with E-state index in [9.17, 15) is 0 Å². The van der Waals surface area contributed by atoms with Crippen LogP contribution in [-0.4, -0.2) is 25.2 Å². The molecule has 0 aliphatic heterocycles. The fourth-order valence-electron chi connectivity index (χ4n) is 4.38. The standard InChI is InChI=1S/C25H36N2O3/c1-25(2,3)20-11-13-21(14-12-20)27(30-17-19-9-7-6-8-10-19)23-15-16-26-22(18-28-4)24(23)29-5/h6-10,15-16,20-21H,11-14,17-18H2,1-5H3. The van der Waals surface area contributed by atoms with E-state index in [4.69, 9.17) is 14.3 Å². The van der Waals surface area contributed by atoms with Crippen LogP contribution in [0.5, 0.6) is 5.75 Å². The molecule has 30 heavy (non-hydrogen) atoms. The predicted octanol–water partition coefficient (Wildman–Crippen LogP) is 5.78. The number of hydrogen-bond acceptors (Lipinski definition) is 5. The first kappa shape index (κ1) is 22.6. The van der Waals surface area contributed by atoms with E-state index in [0.717, 1.165) is 41.5 Å². The molecule has 164 valence electrons. The third kappa shape index (κ3) is 5.52. The first-order valence-electron chi connectivity index (χ1n) is 10.9. The summed E-state index contributed by atoms with van der Waals surface area (Å²) in [7, 11) is 3.36. The monoisotopic (exact) mass is 412 g/mol. The molecule has 1 aromatic carbocycles. The first-order valence-corrected chi connectivity index (χ1v) is 10.9. The second kappa shape index (κ2) is 10.3. The molecule has 2 aromatic rings. The Morgan fingerprint density at radius 1 is 0.967 bits per heavy atom. The number of hydrogen-bond donors (Lipinski definition) is 0. The van der Waals surface area contributed by atoms with Crippen LogP contribution in [0.25, 0.3) is 0 Å². The molecule has 1 saturated carbocycles. The molecule has 0 unspecified atom stereocenters. The zero-order valence-electron chi connectivity index (χ0n) is 19.1. The van der Waals surface area contributed by atoms with Crippen LogP contribution in [-0.2, 0) is 22.8 Å². The molecular formula is C25H36N2O3. The molecule has 1 fully saturated rings. The molecule has 5 heteroatoms. The number of ether oxygens (including phenoxy) is 2. The SMILES string of the molecule is COCc1nccc(N(OCc2ccccc2)C2CCC(C(C)(C)C)CC2)c1OC. The van der Waals surface area contributed by atoms with E-state index in [2.05, 4.69) is 43.0 Å². The molecule has 1 aliphatic rings. The maximum absolute atomic E-state index is 6.43. The molecule has 0 saturated heterocycles. The van der Waals surface area contributed by atoms with Crippen LogP contribution in [0.15, 0.2) is 42.6 Å². The molecule has 0 spiro atoms. The summed E-state index contributed by atoms with van der Waals surface area (Å²) >= 11 is 0. The Hall–Kier alpha value is -2.11. The van der Waals surface area contributed by atoms with Crippen molar-refractivity contribution in [3.63, 3.8) is 0 Å². The quantitative estimate of drug-likeness (QED) is 0.514. The predicted molar refractivity (Wildman–Crippen MR) is 120 cm³/mol. The van der Waals surface area contributed by atoms with Crippen molar-refractivity contribution < 1.29 is 14.3 Å². The van der Waals surface area contributed by atoms with Gasteiger partial charge in [0.25, 0.3) is 0 Å². The van der Waals surface area contributed by atoms with Crippen LogP contribution < -0.4 is 9.80 Å². The van der Waals surface area contributed by atoms with Gasteiger partial charge < -0.3 is 9.47 Å². The lowest BCUT2D eigenvalue weighted by Gasteiger charge is -2.41. The van der Waals surface area contributed by atoms with Gasteiger partial charge in [0, 0.05) is 13.3 Å². The largest absolute Gasteiger partial charge is 0.492 e. The number of benzene rings is 1. The van der Waals surface area contributed by atoms with Crippen molar-refractivity contribution in [1.29, 1.82) is 0 Å². The molecule has 0 amide bonds. The Bertz CT molecular complexity index is 781. The fraction of sp³-hybridized carbons (Fsp3) is 0.560. The van der Waals surface area contributed by atoms with E-state index in [1.807, 2.05) is 30.5 Å². The van der Waals surface area contributed by atoms with E-state index < -0.39 is 0 Å². The van der Waals surface area contributed by atoms with Crippen molar-refractivity contribution in [2.24, 2.45) is 11.3 Å². The van der Waals surface area contributed by atoms with Crippen molar-refractivity contribution >= 4 is 5.69 Å². The normalized spacial score (nSPS) is 19.5. The number of anilines is 1. The highest BCUT2D eigenvalue weighted by Gasteiger charge is 2.34. The lowest BCUT2D eigenvalue weighted by molar-refractivity contribution is 0.0493. The zero-order valence-corrected chi connectivity index (χ0v) is 19.1. The van der Waals surface area contributed by atoms with E-state index in [1.54, 1.807) is 14.2 Å². The maximum atomic E-state index is 6.43. The number of rotatable bonds is 8. The number of methoxy groups -OCH3 is 2. The highest BCUT2D eigenvalue weighted by molar-refractivity contribution is 5.59. The van der Waals surface area contributed by atoms with Crippen molar-refractivity contribution in [3.8, 4) is 5.75 Å². The van der Waals surface area contributed by atoms with Gasteiger partial charge in [-0.2, -0.15) is 0 Å². The summed E-state index contributed by atoms with van der Waals surface area (Å²) < 4.78 is 11.1. The van der Waals surface area contributed by atoms with Crippen LogP contribution in [0.4, 0.5) is 5.69 Å². The van der Waals surface area contributed by atoms with Gasteiger partial charge in [0.1, 0.15) is 11.4 Å². The van der Waals surface area contributed by atoms with Crippen LogP contribution in [0, 0.1) is 11.3 Å². The summed E-state index contributed by atoms with van der Waals surface area (Å²) in [5.41, 5.74) is 3.21. The lowest BCUT2D eigenvalue weighted by atomic mass is 9.71. The van der Waals surface area contributed by atoms with Crippen LogP contribution in [0.2, 0.25) is 0 Å². The summed E-state index contributed by atoms with van der Waals surface area (Å²) in [6, 6.07) is 12.6. The Morgan fingerprint density at radius 3 is 2.27 bits per heavy atom. The van der Waals surface area contributed by atoms with Crippen molar-refractivity contribution in [1.82, 2.24) is 4.98 Å². The number of hydroxylamine groups is 1. The second-order valence-electron chi connectivity index (χ2n) is 9.20. The van der Waals surface area contributed by atoms with E-state index in [-0.39, 0.29) is 0 Å². The third-order valence-electron chi connectivity index (χ3n) is 6.15. The highest BCUT2D eigenvalue weighted by Crippen LogP contribution is 2.42. The number of nitrogens with zero attached hydrogens (tertiary/aromatic N) is 2. The molecule has 1 aliphatic carbocycles. The third-order valence-corrected chi connectivity index (χ3v) is 6.15. The number of aromatic nitrogens is 1. The van der Waals surface area contributed by atoms with Gasteiger partial charge in [-0.25, -0.2) is 5.06 Å². The Balaban J connectivity index is 1.86. The van der Waals surface area contributed by atoms with Crippen LogP contribution >= 0.6 is 0 Å². The lowest BCUT2D eigenvalue weighted by Crippen LogP contribution is -2.40. The molecule has 1 heterocycles.